The van der Waals surface area contributed by atoms with Crippen molar-refractivity contribution in [2.24, 2.45) is 0 Å². The van der Waals surface area contributed by atoms with E-state index < -0.39 is 5.97 Å². The molecule has 2 nitrogen and oxygen atoms in total. The van der Waals surface area contributed by atoms with Crippen LogP contribution < -0.4 is 0 Å². The summed E-state index contributed by atoms with van der Waals surface area (Å²) in [6, 6.07) is 17.9. The van der Waals surface area contributed by atoms with E-state index in [1.807, 2.05) is 42.5 Å². The fraction of sp³-hybridized carbons (Fsp3) is 0. The number of rotatable bonds is 4. The van der Waals surface area contributed by atoms with Crippen LogP contribution in [0.1, 0.15) is 5.56 Å². The second kappa shape index (κ2) is 6.07. The van der Waals surface area contributed by atoms with Crippen molar-refractivity contribution >= 4 is 23.8 Å². The van der Waals surface area contributed by atoms with Crippen molar-refractivity contribution < 1.29 is 9.90 Å². The van der Waals surface area contributed by atoms with Crippen LogP contribution in [0.2, 0.25) is 0 Å². The molecule has 2 aromatic rings. The highest BCUT2D eigenvalue weighted by atomic mass is 32.2. The zero-order chi connectivity index (χ0) is 12.8. The van der Waals surface area contributed by atoms with Gasteiger partial charge in [-0.15, -0.1) is 0 Å². The molecular weight excluding hydrogens is 244 g/mol. The van der Waals surface area contributed by atoms with E-state index in [1.165, 1.54) is 4.90 Å². The zero-order valence-corrected chi connectivity index (χ0v) is 10.4. The van der Waals surface area contributed by atoms with Gasteiger partial charge in [0, 0.05) is 15.9 Å². The molecule has 0 unspecified atom stereocenters. The van der Waals surface area contributed by atoms with E-state index in [4.69, 9.17) is 5.11 Å². The summed E-state index contributed by atoms with van der Waals surface area (Å²) in [5.41, 5.74) is 0.884. The van der Waals surface area contributed by atoms with E-state index >= 15 is 0 Å². The molecule has 0 aliphatic carbocycles. The summed E-state index contributed by atoms with van der Waals surface area (Å²) in [7, 11) is 0. The topological polar surface area (TPSA) is 37.3 Å². The summed E-state index contributed by atoms with van der Waals surface area (Å²) in [6.45, 7) is 0. The summed E-state index contributed by atoms with van der Waals surface area (Å²) < 4.78 is 0. The Kier molecular flexibility index (Phi) is 4.20. The number of benzene rings is 2. The zero-order valence-electron chi connectivity index (χ0n) is 9.61. The Morgan fingerprint density at radius 1 is 0.944 bits per heavy atom. The lowest BCUT2D eigenvalue weighted by Gasteiger charge is -2.01. The first-order chi connectivity index (χ1) is 8.74. The van der Waals surface area contributed by atoms with Gasteiger partial charge in [-0.2, -0.15) is 0 Å². The first kappa shape index (κ1) is 12.5. The first-order valence-electron chi connectivity index (χ1n) is 5.48. The molecule has 3 heteroatoms. The molecule has 2 rings (SSSR count). The van der Waals surface area contributed by atoms with Gasteiger partial charge in [-0.3, -0.25) is 0 Å². The molecular formula is C15H12O2S. The summed E-state index contributed by atoms with van der Waals surface area (Å²) in [5.74, 6) is -0.933. The smallest absolute Gasteiger partial charge is 0.328 e. The normalized spacial score (nSPS) is 10.7. The molecule has 0 saturated carbocycles. The molecule has 0 amide bonds. The van der Waals surface area contributed by atoms with Gasteiger partial charge in [0.05, 0.1) is 0 Å². The number of carbonyl (C=O) groups is 1. The average Bonchev–Trinajstić information content (AvgIpc) is 2.39. The Hall–Kier alpha value is -2.00. The summed E-state index contributed by atoms with van der Waals surface area (Å²) in [6.07, 6.45) is 2.72. The third kappa shape index (κ3) is 3.79. The van der Waals surface area contributed by atoms with E-state index in [9.17, 15) is 4.79 Å². The number of hydrogen-bond acceptors (Lipinski definition) is 2. The molecule has 0 aliphatic heterocycles. The Morgan fingerprint density at radius 3 is 2.17 bits per heavy atom. The van der Waals surface area contributed by atoms with E-state index in [0.717, 1.165) is 16.5 Å². The molecule has 0 saturated heterocycles. The van der Waals surface area contributed by atoms with Gasteiger partial charge in [0.25, 0.3) is 0 Å². The molecule has 0 radical (unpaired) electrons. The maximum atomic E-state index is 10.4. The molecule has 90 valence electrons. The number of carboxylic acid groups (broad SMARTS) is 1. The summed E-state index contributed by atoms with van der Waals surface area (Å²) in [5, 5.41) is 8.53. The van der Waals surface area contributed by atoms with Gasteiger partial charge in [-0.25, -0.2) is 4.79 Å². The molecule has 0 heterocycles. The van der Waals surface area contributed by atoms with E-state index in [1.54, 1.807) is 17.8 Å². The van der Waals surface area contributed by atoms with Crippen LogP contribution in [0.4, 0.5) is 0 Å². The van der Waals surface area contributed by atoms with Crippen molar-refractivity contribution in [3.05, 3.63) is 66.2 Å². The molecule has 0 bridgehead atoms. The van der Waals surface area contributed by atoms with Crippen molar-refractivity contribution in [3.8, 4) is 0 Å². The van der Waals surface area contributed by atoms with Crippen LogP contribution in [0.25, 0.3) is 6.08 Å². The highest BCUT2D eigenvalue weighted by molar-refractivity contribution is 7.99. The first-order valence-corrected chi connectivity index (χ1v) is 6.30. The summed E-state index contributed by atoms with van der Waals surface area (Å²) >= 11 is 1.68. The molecule has 0 atom stereocenters. The van der Waals surface area contributed by atoms with Gasteiger partial charge in [0.15, 0.2) is 0 Å². The molecule has 1 N–H and O–H groups in total. The number of carboxylic acids is 1. The van der Waals surface area contributed by atoms with Crippen LogP contribution in [0.15, 0.2) is 70.5 Å². The van der Waals surface area contributed by atoms with Crippen molar-refractivity contribution in [2.45, 2.75) is 9.79 Å². The van der Waals surface area contributed by atoms with Gasteiger partial charge in [-0.05, 0) is 35.9 Å². The van der Waals surface area contributed by atoms with E-state index in [0.29, 0.717) is 0 Å². The predicted octanol–water partition coefficient (Wildman–Crippen LogP) is 3.94. The van der Waals surface area contributed by atoms with Crippen molar-refractivity contribution in [3.63, 3.8) is 0 Å². The van der Waals surface area contributed by atoms with Crippen LogP contribution in [-0.4, -0.2) is 11.1 Å². The van der Waals surface area contributed by atoms with Crippen molar-refractivity contribution in [1.29, 1.82) is 0 Å². The fourth-order valence-electron chi connectivity index (χ4n) is 1.44. The minimum absolute atomic E-state index is 0.884. The molecule has 2 aromatic carbocycles. The molecule has 0 aromatic heterocycles. The van der Waals surface area contributed by atoms with Crippen LogP contribution >= 0.6 is 11.8 Å². The van der Waals surface area contributed by atoms with Gasteiger partial charge in [-0.1, -0.05) is 42.1 Å². The highest BCUT2D eigenvalue weighted by Gasteiger charge is 1.96. The Labute approximate surface area is 110 Å². The quantitative estimate of drug-likeness (QED) is 0.842. The lowest BCUT2D eigenvalue weighted by Crippen LogP contribution is -1.85. The van der Waals surface area contributed by atoms with Crippen molar-refractivity contribution in [1.82, 2.24) is 0 Å². The monoisotopic (exact) mass is 256 g/mol. The van der Waals surface area contributed by atoms with Crippen LogP contribution in [0.5, 0.6) is 0 Å². The van der Waals surface area contributed by atoms with Crippen molar-refractivity contribution in [2.75, 3.05) is 0 Å². The Bertz CT molecular complexity index is 544. The van der Waals surface area contributed by atoms with Crippen LogP contribution in [0, 0.1) is 0 Å². The maximum absolute atomic E-state index is 10.4. The molecule has 0 aliphatic rings. The minimum Gasteiger partial charge on any atom is -0.478 e. The predicted molar refractivity (Wildman–Crippen MR) is 73.7 cm³/mol. The third-order valence-corrected chi connectivity index (χ3v) is 3.29. The van der Waals surface area contributed by atoms with Crippen LogP contribution in [-0.2, 0) is 4.79 Å². The van der Waals surface area contributed by atoms with Gasteiger partial charge in [0.1, 0.15) is 0 Å². The third-order valence-electron chi connectivity index (χ3n) is 2.28. The number of aliphatic carboxylic acids is 1. The molecule has 0 spiro atoms. The standard InChI is InChI=1S/C15H12O2S/c16-15(17)11-8-12-6-9-14(10-7-12)18-13-4-2-1-3-5-13/h1-11H,(H,16,17). The second-order valence-electron chi connectivity index (χ2n) is 3.66. The van der Waals surface area contributed by atoms with Gasteiger partial charge < -0.3 is 5.11 Å². The average molecular weight is 256 g/mol. The largest absolute Gasteiger partial charge is 0.478 e. The van der Waals surface area contributed by atoms with Crippen LogP contribution in [0.3, 0.4) is 0 Å². The fourth-order valence-corrected chi connectivity index (χ4v) is 2.28. The molecule has 0 fully saturated rings. The highest BCUT2D eigenvalue weighted by Crippen LogP contribution is 2.27. The summed E-state index contributed by atoms with van der Waals surface area (Å²) in [4.78, 5) is 12.7. The van der Waals surface area contributed by atoms with E-state index in [-0.39, 0.29) is 0 Å². The minimum atomic E-state index is -0.933. The van der Waals surface area contributed by atoms with Gasteiger partial charge in [0.2, 0.25) is 0 Å². The Balaban J connectivity index is 2.06. The Morgan fingerprint density at radius 2 is 1.56 bits per heavy atom. The number of hydrogen-bond donors (Lipinski definition) is 1. The van der Waals surface area contributed by atoms with E-state index in [2.05, 4.69) is 12.1 Å². The SMILES string of the molecule is O=C(O)C=Cc1ccc(Sc2ccccc2)cc1. The lowest BCUT2D eigenvalue weighted by atomic mass is 10.2. The molecule has 18 heavy (non-hydrogen) atoms. The lowest BCUT2D eigenvalue weighted by molar-refractivity contribution is -0.131. The van der Waals surface area contributed by atoms with Gasteiger partial charge >= 0.3 is 5.97 Å². The second-order valence-corrected chi connectivity index (χ2v) is 4.80. The maximum Gasteiger partial charge on any atom is 0.328 e.